The molecule has 1 N–H and O–H groups in total. The summed E-state index contributed by atoms with van der Waals surface area (Å²) in [5, 5.41) is 2.83. The minimum absolute atomic E-state index is 0.0359. The van der Waals surface area contributed by atoms with Crippen LogP contribution in [-0.4, -0.2) is 43.0 Å². The van der Waals surface area contributed by atoms with E-state index in [2.05, 4.69) is 15.3 Å². The summed E-state index contributed by atoms with van der Waals surface area (Å²) in [5.41, 5.74) is 0. The van der Waals surface area contributed by atoms with Crippen LogP contribution in [0.2, 0.25) is 0 Å². The Balaban J connectivity index is 2.54. The first-order valence-corrected chi connectivity index (χ1v) is 7.34. The molecule has 7 heteroatoms. The van der Waals surface area contributed by atoms with Gasteiger partial charge in [-0.05, 0) is 13.8 Å². The molecule has 0 aliphatic carbocycles. The van der Waals surface area contributed by atoms with Crippen LogP contribution < -0.4 is 10.1 Å². The highest BCUT2D eigenvalue weighted by Crippen LogP contribution is 2.09. The Morgan fingerprint density at radius 1 is 1.47 bits per heavy atom. The maximum atomic E-state index is 10.9. The molecule has 96 valence electrons. The molecule has 0 spiro atoms. The van der Waals surface area contributed by atoms with Gasteiger partial charge in [0.25, 0.3) is 0 Å². The van der Waals surface area contributed by atoms with Gasteiger partial charge in [-0.3, -0.25) is 0 Å². The summed E-state index contributed by atoms with van der Waals surface area (Å²) in [5.74, 6) is 0.884. The third-order valence-electron chi connectivity index (χ3n) is 1.74. The molecule has 0 unspecified atom stereocenters. The normalized spacial score (nSPS) is 11.5. The third kappa shape index (κ3) is 6.06. The van der Waals surface area contributed by atoms with Crippen molar-refractivity contribution in [3.8, 4) is 5.88 Å². The minimum Gasteiger partial charge on any atom is -0.475 e. The number of aromatic nitrogens is 2. The Hall–Kier alpha value is -1.37. The second kappa shape index (κ2) is 5.81. The van der Waals surface area contributed by atoms with Gasteiger partial charge in [0.15, 0.2) is 0 Å². The second-order valence-electron chi connectivity index (χ2n) is 3.94. The number of rotatable bonds is 6. The lowest BCUT2D eigenvalue weighted by molar-refractivity contribution is 0.232. The van der Waals surface area contributed by atoms with E-state index in [1.165, 1.54) is 6.26 Å². The lowest BCUT2D eigenvalue weighted by Gasteiger charge is -2.09. The predicted octanol–water partition coefficient (Wildman–Crippen LogP) is 0.720. The Labute approximate surface area is 101 Å². The number of ether oxygens (including phenoxy) is 1. The summed E-state index contributed by atoms with van der Waals surface area (Å²) in [4.78, 5) is 8.06. The fourth-order valence-corrected chi connectivity index (χ4v) is 1.56. The Morgan fingerprint density at radius 2 is 2.18 bits per heavy atom. The molecule has 1 heterocycles. The molecule has 0 radical (unpaired) electrons. The van der Waals surface area contributed by atoms with Crippen LogP contribution >= 0.6 is 0 Å². The number of sulfone groups is 1. The van der Waals surface area contributed by atoms with Crippen molar-refractivity contribution in [1.82, 2.24) is 9.97 Å². The molecule has 0 bridgehead atoms. The van der Waals surface area contributed by atoms with Gasteiger partial charge in [-0.25, -0.2) is 13.4 Å². The molecule has 0 aliphatic heterocycles. The Bertz CT molecular complexity index is 460. The van der Waals surface area contributed by atoms with E-state index < -0.39 is 9.84 Å². The minimum atomic E-state index is -2.97. The van der Waals surface area contributed by atoms with Crippen LogP contribution in [0.5, 0.6) is 5.88 Å². The van der Waals surface area contributed by atoms with Crippen molar-refractivity contribution < 1.29 is 13.2 Å². The first-order valence-electron chi connectivity index (χ1n) is 5.28. The maximum absolute atomic E-state index is 10.9. The first-order chi connectivity index (χ1) is 7.87. The number of anilines is 1. The van der Waals surface area contributed by atoms with Crippen molar-refractivity contribution in [1.29, 1.82) is 0 Å². The molecule has 0 saturated carbocycles. The topological polar surface area (TPSA) is 81.2 Å². The van der Waals surface area contributed by atoms with Crippen molar-refractivity contribution in [2.75, 3.05) is 23.9 Å². The van der Waals surface area contributed by atoms with E-state index in [-0.39, 0.29) is 18.4 Å². The van der Waals surface area contributed by atoms with E-state index in [0.29, 0.717) is 11.8 Å². The molecular weight excluding hydrogens is 242 g/mol. The summed E-state index contributed by atoms with van der Waals surface area (Å²) in [6.07, 6.45) is 2.79. The van der Waals surface area contributed by atoms with E-state index in [9.17, 15) is 8.42 Å². The first kappa shape index (κ1) is 13.7. The highest BCUT2D eigenvalue weighted by atomic mass is 32.2. The fourth-order valence-electron chi connectivity index (χ4n) is 1.08. The molecule has 1 aromatic rings. The molecule has 0 atom stereocenters. The zero-order chi connectivity index (χ0) is 12.9. The van der Waals surface area contributed by atoms with Crippen LogP contribution in [0.25, 0.3) is 0 Å². The van der Waals surface area contributed by atoms with E-state index in [0.717, 1.165) is 0 Å². The number of hydrogen-bond donors (Lipinski definition) is 1. The van der Waals surface area contributed by atoms with Crippen LogP contribution in [0.4, 0.5) is 5.95 Å². The van der Waals surface area contributed by atoms with E-state index in [4.69, 9.17) is 4.74 Å². The lowest BCUT2D eigenvalue weighted by atomic mass is 10.5. The van der Waals surface area contributed by atoms with E-state index in [1.807, 2.05) is 13.8 Å². The van der Waals surface area contributed by atoms with Crippen LogP contribution in [0.15, 0.2) is 12.3 Å². The SMILES string of the molecule is CC(C)Oc1ccnc(NCCS(C)(=O)=O)n1. The fraction of sp³-hybridized carbons (Fsp3) is 0.600. The molecule has 1 aromatic heterocycles. The van der Waals surface area contributed by atoms with Gasteiger partial charge in [-0.2, -0.15) is 4.98 Å². The molecule has 0 aromatic carbocycles. The second-order valence-corrected chi connectivity index (χ2v) is 6.20. The summed E-state index contributed by atoms with van der Waals surface area (Å²) >= 11 is 0. The average molecular weight is 259 g/mol. The van der Waals surface area contributed by atoms with Crippen LogP contribution in [0.1, 0.15) is 13.8 Å². The van der Waals surface area contributed by atoms with Crippen molar-refractivity contribution in [2.24, 2.45) is 0 Å². The molecule has 6 nitrogen and oxygen atoms in total. The van der Waals surface area contributed by atoms with Crippen molar-refractivity contribution in [3.63, 3.8) is 0 Å². The van der Waals surface area contributed by atoms with Crippen molar-refractivity contribution >= 4 is 15.8 Å². The van der Waals surface area contributed by atoms with Gasteiger partial charge in [0.1, 0.15) is 9.84 Å². The van der Waals surface area contributed by atoms with Gasteiger partial charge in [-0.15, -0.1) is 0 Å². The van der Waals surface area contributed by atoms with E-state index in [1.54, 1.807) is 12.3 Å². The molecule has 0 amide bonds. The van der Waals surface area contributed by atoms with Gasteiger partial charge in [0, 0.05) is 25.1 Å². The highest BCUT2D eigenvalue weighted by Gasteiger charge is 2.04. The average Bonchev–Trinajstić information content (AvgIpc) is 2.15. The van der Waals surface area contributed by atoms with Gasteiger partial charge < -0.3 is 10.1 Å². The molecule has 0 aliphatic rings. The summed E-state index contributed by atoms with van der Waals surface area (Å²) in [7, 11) is -2.97. The largest absolute Gasteiger partial charge is 0.475 e. The van der Waals surface area contributed by atoms with Crippen molar-refractivity contribution in [2.45, 2.75) is 20.0 Å². The summed E-state index contributed by atoms with van der Waals surface area (Å²) in [6, 6.07) is 1.65. The van der Waals surface area contributed by atoms with Gasteiger partial charge >= 0.3 is 0 Å². The molecule has 0 saturated heterocycles. The zero-order valence-corrected chi connectivity index (χ0v) is 11.0. The summed E-state index contributed by atoms with van der Waals surface area (Å²) < 4.78 is 27.2. The van der Waals surface area contributed by atoms with Crippen molar-refractivity contribution in [3.05, 3.63) is 12.3 Å². The Kier molecular flexibility index (Phi) is 4.68. The zero-order valence-electron chi connectivity index (χ0n) is 10.2. The monoisotopic (exact) mass is 259 g/mol. The number of nitrogens with one attached hydrogen (secondary N) is 1. The standard InChI is InChI=1S/C10H17N3O3S/c1-8(2)16-9-4-5-11-10(13-9)12-6-7-17(3,14)15/h4-5,8H,6-7H2,1-3H3,(H,11,12,13). The van der Waals surface area contributed by atoms with Gasteiger partial charge in [0.05, 0.1) is 11.9 Å². The van der Waals surface area contributed by atoms with E-state index >= 15 is 0 Å². The van der Waals surface area contributed by atoms with Crippen LogP contribution in [-0.2, 0) is 9.84 Å². The lowest BCUT2D eigenvalue weighted by Crippen LogP contribution is -2.16. The molecular formula is C10H17N3O3S. The van der Waals surface area contributed by atoms with Crippen LogP contribution in [0.3, 0.4) is 0 Å². The predicted molar refractivity (Wildman–Crippen MR) is 66.0 cm³/mol. The summed E-state index contributed by atoms with van der Waals surface area (Å²) in [6.45, 7) is 4.09. The molecule has 0 fully saturated rings. The quantitative estimate of drug-likeness (QED) is 0.810. The smallest absolute Gasteiger partial charge is 0.225 e. The van der Waals surface area contributed by atoms with Gasteiger partial charge in [0.2, 0.25) is 11.8 Å². The van der Waals surface area contributed by atoms with Crippen LogP contribution in [0, 0.1) is 0 Å². The Morgan fingerprint density at radius 3 is 2.76 bits per heavy atom. The maximum Gasteiger partial charge on any atom is 0.225 e. The molecule has 1 rings (SSSR count). The number of nitrogens with zero attached hydrogens (tertiary/aromatic N) is 2. The van der Waals surface area contributed by atoms with Gasteiger partial charge in [-0.1, -0.05) is 0 Å². The molecule has 17 heavy (non-hydrogen) atoms. The highest BCUT2D eigenvalue weighted by molar-refractivity contribution is 7.90. The number of hydrogen-bond acceptors (Lipinski definition) is 6. The third-order valence-corrected chi connectivity index (χ3v) is 2.69.